The van der Waals surface area contributed by atoms with Gasteiger partial charge in [-0.05, 0) is 70.2 Å². The molecule has 4 aromatic carbocycles. The van der Waals surface area contributed by atoms with E-state index >= 15 is 0 Å². The summed E-state index contributed by atoms with van der Waals surface area (Å²) in [5.41, 5.74) is 2.65. The molecule has 2 fully saturated rings. The summed E-state index contributed by atoms with van der Waals surface area (Å²) >= 11 is 0. The lowest BCUT2D eigenvalue weighted by Gasteiger charge is -2.42. The first kappa shape index (κ1) is 41.4. The van der Waals surface area contributed by atoms with Crippen LogP contribution < -0.4 is 18.5 Å². The average Bonchev–Trinajstić information content (AvgIpc) is 3.10. The largest absolute Gasteiger partial charge is 0.457 e. The van der Waals surface area contributed by atoms with Gasteiger partial charge in [-0.15, -0.1) is 0 Å². The topological polar surface area (TPSA) is 73.8 Å². The van der Waals surface area contributed by atoms with E-state index in [4.69, 9.17) is 36.6 Å². The molecule has 2 aliphatic heterocycles. The third-order valence-corrected chi connectivity index (χ3v) is 11.6. The molecule has 4 aromatic rings. The molecule has 0 aromatic heterocycles. The highest BCUT2D eigenvalue weighted by Gasteiger charge is 2.46. The van der Waals surface area contributed by atoms with Crippen molar-refractivity contribution in [1.82, 2.24) is 0 Å². The summed E-state index contributed by atoms with van der Waals surface area (Å²) in [6.45, 7) is 27.6. The second-order valence-electron chi connectivity index (χ2n) is 18.7. The molecule has 0 aliphatic carbocycles. The number of rotatable bonds is 8. The molecule has 0 unspecified atom stereocenters. The van der Waals surface area contributed by atoms with Crippen molar-refractivity contribution in [2.24, 2.45) is 5.41 Å². The third-order valence-electron chi connectivity index (χ3n) is 9.55. The minimum Gasteiger partial charge on any atom is -0.457 e. The Labute approximate surface area is 331 Å². The molecule has 0 bridgehead atoms. The molecule has 0 saturated carbocycles. The fraction of sp³-hybridized carbons (Fsp3) is 0.467. The van der Waals surface area contributed by atoms with Crippen molar-refractivity contribution in [3.8, 4) is 34.5 Å². The Morgan fingerprint density at radius 1 is 0.418 bits per heavy atom. The van der Waals surface area contributed by atoms with Crippen LogP contribution in [-0.2, 0) is 39.8 Å². The molecule has 0 radical (unpaired) electrons. The molecule has 10 heteroatoms. The van der Waals surface area contributed by atoms with E-state index < -0.39 is 22.6 Å². The Morgan fingerprint density at radius 3 is 0.945 bits per heavy atom. The second kappa shape index (κ2) is 16.0. The fourth-order valence-electron chi connectivity index (χ4n) is 6.33. The summed E-state index contributed by atoms with van der Waals surface area (Å²) in [5.74, 6) is 4.65. The molecule has 0 N–H and O–H groups in total. The van der Waals surface area contributed by atoms with E-state index in [0.717, 1.165) is 56.8 Å². The van der Waals surface area contributed by atoms with Crippen molar-refractivity contribution >= 4 is 17.2 Å². The van der Waals surface area contributed by atoms with Crippen LogP contribution in [0.3, 0.4) is 0 Å². The lowest BCUT2D eigenvalue weighted by atomic mass is 9.79. The van der Waals surface area contributed by atoms with E-state index in [0.29, 0.717) is 26.4 Å². The van der Waals surface area contributed by atoms with Crippen LogP contribution in [0.25, 0.3) is 0 Å². The van der Waals surface area contributed by atoms with Crippen molar-refractivity contribution in [1.29, 1.82) is 0 Å². The SMILES string of the molecule is CC(C)(C)c1cc(Oc2ccccc2)cc(C(C)(C)C)c1OP1OCC2(CO1)COP(Oc1c(C(C)(C)C)cc(Oc3ccccc3)cc1C(C)(C)C)OC2. The van der Waals surface area contributed by atoms with Crippen molar-refractivity contribution < 1.29 is 36.6 Å². The van der Waals surface area contributed by atoms with Crippen molar-refractivity contribution in [2.45, 2.75) is 105 Å². The first-order chi connectivity index (χ1) is 25.7. The summed E-state index contributed by atoms with van der Waals surface area (Å²) in [5, 5.41) is 0. The van der Waals surface area contributed by atoms with E-state index in [1.54, 1.807) is 0 Å². The molecule has 296 valence electrons. The zero-order valence-electron chi connectivity index (χ0n) is 34.6. The molecule has 0 atom stereocenters. The van der Waals surface area contributed by atoms with Gasteiger partial charge in [-0.2, -0.15) is 0 Å². The van der Waals surface area contributed by atoms with Crippen molar-refractivity contribution in [3.63, 3.8) is 0 Å². The van der Waals surface area contributed by atoms with Gasteiger partial charge in [-0.25, -0.2) is 0 Å². The summed E-state index contributed by atoms with van der Waals surface area (Å²) in [7, 11) is -3.36. The molecule has 2 saturated heterocycles. The van der Waals surface area contributed by atoms with Crippen LogP contribution in [0.2, 0.25) is 0 Å². The van der Waals surface area contributed by atoms with Gasteiger partial charge in [0.1, 0.15) is 34.5 Å². The molecular weight excluding hydrogens is 730 g/mol. The summed E-state index contributed by atoms with van der Waals surface area (Å²) in [4.78, 5) is 0. The predicted octanol–water partition coefficient (Wildman–Crippen LogP) is 13.5. The number of para-hydroxylation sites is 2. The van der Waals surface area contributed by atoms with Crippen LogP contribution in [-0.4, -0.2) is 26.4 Å². The van der Waals surface area contributed by atoms with Gasteiger partial charge in [-0.3, -0.25) is 0 Å². The van der Waals surface area contributed by atoms with Crippen LogP contribution in [0.4, 0.5) is 0 Å². The lowest BCUT2D eigenvalue weighted by Crippen LogP contribution is -2.45. The number of ether oxygens (including phenoxy) is 2. The molecule has 6 rings (SSSR count). The number of hydrogen-bond donors (Lipinski definition) is 0. The van der Waals surface area contributed by atoms with Gasteiger partial charge < -0.3 is 36.6 Å². The molecule has 0 amide bonds. The molecule has 2 aliphatic rings. The van der Waals surface area contributed by atoms with Crippen LogP contribution in [0, 0.1) is 5.41 Å². The lowest BCUT2D eigenvalue weighted by molar-refractivity contribution is -0.0674. The third kappa shape index (κ3) is 10.2. The maximum Gasteiger partial charge on any atom is 0.397 e. The fourth-order valence-corrected chi connectivity index (χ4v) is 8.90. The molecule has 2 heterocycles. The minimum absolute atomic E-state index is 0.241. The van der Waals surface area contributed by atoms with Gasteiger partial charge in [-0.1, -0.05) is 119 Å². The van der Waals surface area contributed by atoms with Crippen molar-refractivity contribution in [3.05, 3.63) is 107 Å². The zero-order valence-corrected chi connectivity index (χ0v) is 36.4. The van der Waals surface area contributed by atoms with Gasteiger partial charge in [0.25, 0.3) is 0 Å². The monoisotopic (exact) mass is 788 g/mol. The van der Waals surface area contributed by atoms with Crippen LogP contribution in [0.1, 0.15) is 105 Å². The Kier molecular flexibility index (Phi) is 12.0. The maximum atomic E-state index is 6.70. The summed E-state index contributed by atoms with van der Waals surface area (Å²) in [6, 6.07) is 28.0. The van der Waals surface area contributed by atoms with E-state index in [9.17, 15) is 0 Å². The smallest absolute Gasteiger partial charge is 0.397 e. The number of hydrogen-bond acceptors (Lipinski definition) is 8. The number of benzene rings is 4. The first-order valence-corrected chi connectivity index (χ1v) is 21.2. The van der Waals surface area contributed by atoms with E-state index in [-0.39, 0.29) is 21.7 Å². The summed E-state index contributed by atoms with van der Waals surface area (Å²) in [6.07, 6.45) is 0. The quantitative estimate of drug-likeness (QED) is 0.163. The molecule has 55 heavy (non-hydrogen) atoms. The highest BCUT2D eigenvalue weighted by molar-refractivity contribution is 7.42. The highest BCUT2D eigenvalue weighted by atomic mass is 31.2. The normalized spacial score (nSPS) is 20.9. The Morgan fingerprint density at radius 2 is 0.691 bits per heavy atom. The molecule has 8 nitrogen and oxygen atoms in total. The maximum absolute atomic E-state index is 6.70. The van der Waals surface area contributed by atoms with E-state index in [1.165, 1.54) is 0 Å². The first-order valence-electron chi connectivity index (χ1n) is 19.0. The standard InChI is InChI=1S/C45H58O8P2/c1-41(2,3)35-23-33(50-31-19-15-13-16-20-31)24-36(42(4,5)6)39(35)52-54-46-27-45(28-47-54)29-48-55(49-30-45)53-40-37(43(7,8)9)25-34(26-38(40)44(10,11)12)51-32-21-17-14-18-22-32/h13-26H,27-30H2,1-12H3. The Balaban J connectivity index is 1.16. The molecular formula is C45H58O8P2. The Hall–Kier alpha value is -3.22. The molecule has 1 spiro atoms. The van der Waals surface area contributed by atoms with Gasteiger partial charge >= 0.3 is 17.2 Å². The minimum atomic E-state index is -1.68. The zero-order chi connectivity index (χ0) is 39.8. The van der Waals surface area contributed by atoms with Crippen LogP contribution in [0.15, 0.2) is 84.9 Å². The predicted molar refractivity (Wildman–Crippen MR) is 222 cm³/mol. The van der Waals surface area contributed by atoms with E-state index in [2.05, 4.69) is 107 Å². The van der Waals surface area contributed by atoms with Gasteiger partial charge in [0, 0.05) is 22.3 Å². The average molecular weight is 789 g/mol. The van der Waals surface area contributed by atoms with E-state index in [1.807, 2.05) is 60.7 Å². The van der Waals surface area contributed by atoms with Crippen LogP contribution in [0.5, 0.6) is 34.5 Å². The second-order valence-corrected chi connectivity index (χ2v) is 21.0. The summed E-state index contributed by atoms with van der Waals surface area (Å²) < 4.78 is 51.5. The van der Waals surface area contributed by atoms with Gasteiger partial charge in [0.05, 0.1) is 31.8 Å². The van der Waals surface area contributed by atoms with Crippen LogP contribution >= 0.6 is 17.2 Å². The van der Waals surface area contributed by atoms with Crippen molar-refractivity contribution in [2.75, 3.05) is 26.4 Å². The highest BCUT2D eigenvalue weighted by Crippen LogP contribution is 2.57. The Bertz CT molecular complexity index is 1690. The van der Waals surface area contributed by atoms with Gasteiger partial charge in [0.15, 0.2) is 0 Å². The van der Waals surface area contributed by atoms with Gasteiger partial charge in [0.2, 0.25) is 0 Å².